The molecule has 0 fully saturated rings. The second-order valence-electron chi connectivity index (χ2n) is 7.13. The predicted octanol–water partition coefficient (Wildman–Crippen LogP) is 3.62. The fraction of sp³-hybridized carbons (Fsp3) is 0.120. The number of esters is 1. The van der Waals surface area contributed by atoms with Gasteiger partial charge in [0, 0.05) is 5.69 Å². The molecular weight excluding hydrogens is 422 g/mol. The number of hydrogen-bond acceptors (Lipinski definition) is 6. The number of amides is 2. The number of carbonyl (C=O) groups excluding carboxylic acids is 3. The molecule has 168 valence electrons. The van der Waals surface area contributed by atoms with Crippen LogP contribution in [0.4, 0.5) is 5.69 Å². The van der Waals surface area contributed by atoms with Crippen LogP contribution >= 0.6 is 0 Å². The number of methoxy groups -OCH3 is 1. The van der Waals surface area contributed by atoms with Crippen LogP contribution < -0.4 is 20.2 Å². The molecule has 8 nitrogen and oxygen atoms in total. The van der Waals surface area contributed by atoms with E-state index in [1.807, 2.05) is 26.0 Å². The lowest BCUT2D eigenvalue weighted by molar-refractivity contribution is -0.136. The quantitative estimate of drug-likeness (QED) is 0.198. The first kappa shape index (κ1) is 23.2. The largest absolute Gasteiger partial charge is 0.496 e. The van der Waals surface area contributed by atoms with Crippen molar-refractivity contribution in [2.75, 3.05) is 12.4 Å². The minimum absolute atomic E-state index is 0.312. The monoisotopic (exact) mass is 445 g/mol. The number of rotatable bonds is 6. The van der Waals surface area contributed by atoms with Crippen molar-refractivity contribution in [2.45, 2.75) is 13.8 Å². The molecule has 0 aromatic heterocycles. The highest BCUT2D eigenvalue weighted by Gasteiger charge is 2.15. The summed E-state index contributed by atoms with van der Waals surface area (Å²) < 4.78 is 10.5. The van der Waals surface area contributed by atoms with E-state index in [9.17, 15) is 14.4 Å². The van der Waals surface area contributed by atoms with Gasteiger partial charge in [-0.25, -0.2) is 10.2 Å². The SMILES string of the molecule is COc1ccccc1C(=O)Oc1ccc(/C=N/NC(=O)C(=O)Nc2ccc(C)cc2C)cc1. The summed E-state index contributed by atoms with van der Waals surface area (Å²) in [5.41, 5.74) is 5.59. The van der Waals surface area contributed by atoms with Crippen molar-refractivity contribution in [1.82, 2.24) is 5.43 Å². The summed E-state index contributed by atoms with van der Waals surface area (Å²) >= 11 is 0. The zero-order chi connectivity index (χ0) is 23.8. The van der Waals surface area contributed by atoms with Gasteiger partial charge in [0.1, 0.15) is 17.1 Å². The van der Waals surface area contributed by atoms with E-state index in [0.29, 0.717) is 28.3 Å². The molecular formula is C25H23N3O5. The van der Waals surface area contributed by atoms with Crippen molar-refractivity contribution in [3.8, 4) is 11.5 Å². The Morgan fingerprint density at radius 1 is 0.909 bits per heavy atom. The van der Waals surface area contributed by atoms with Crippen LogP contribution in [0, 0.1) is 13.8 Å². The highest BCUT2D eigenvalue weighted by Crippen LogP contribution is 2.20. The average Bonchev–Trinajstić information content (AvgIpc) is 2.81. The maximum absolute atomic E-state index is 12.3. The number of ether oxygens (including phenoxy) is 2. The van der Waals surface area contributed by atoms with Gasteiger partial charge in [-0.15, -0.1) is 0 Å². The average molecular weight is 445 g/mol. The lowest BCUT2D eigenvalue weighted by atomic mass is 10.1. The number of hydrogen-bond donors (Lipinski definition) is 2. The fourth-order valence-electron chi connectivity index (χ4n) is 2.95. The van der Waals surface area contributed by atoms with Crippen molar-refractivity contribution in [3.05, 3.63) is 89.0 Å². The smallest absolute Gasteiger partial charge is 0.347 e. The van der Waals surface area contributed by atoms with E-state index < -0.39 is 17.8 Å². The van der Waals surface area contributed by atoms with E-state index in [4.69, 9.17) is 9.47 Å². The number of carbonyl (C=O) groups is 3. The molecule has 3 aromatic rings. The van der Waals surface area contributed by atoms with Crippen LogP contribution in [0.1, 0.15) is 27.0 Å². The number of benzene rings is 3. The molecule has 0 aliphatic carbocycles. The van der Waals surface area contributed by atoms with Gasteiger partial charge in [0.05, 0.1) is 13.3 Å². The van der Waals surface area contributed by atoms with Gasteiger partial charge in [-0.2, -0.15) is 5.10 Å². The van der Waals surface area contributed by atoms with Crippen LogP contribution in [0.25, 0.3) is 0 Å². The summed E-state index contributed by atoms with van der Waals surface area (Å²) in [5.74, 6) is -1.51. The van der Waals surface area contributed by atoms with Crippen LogP contribution in [0.5, 0.6) is 11.5 Å². The van der Waals surface area contributed by atoms with Crippen LogP contribution in [-0.2, 0) is 9.59 Å². The Bertz CT molecular complexity index is 1200. The summed E-state index contributed by atoms with van der Waals surface area (Å²) in [4.78, 5) is 36.4. The topological polar surface area (TPSA) is 106 Å². The molecule has 0 aliphatic heterocycles. The minimum Gasteiger partial charge on any atom is -0.496 e. The van der Waals surface area contributed by atoms with Crippen LogP contribution in [0.15, 0.2) is 71.8 Å². The number of hydrazone groups is 1. The number of para-hydroxylation sites is 1. The second-order valence-corrected chi connectivity index (χ2v) is 7.13. The lowest BCUT2D eigenvalue weighted by Gasteiger charge is -2.08. The van der Waals surface area contributed by atoms with Gasteiger partial charge < -0.3 is 14.8 Å². The zero-order valence-electron chi connectivity index (χ0n) is 18.4. The van der Waals surface area contributed by atoms with E-state index in [-0.39, 0.29) is 0 Å². The third-order valence-electron chi connectivity index (χ3n) is 4.63. The summed E-state index contributed by atoms with van der Waals surface area (Å²) in [5, 5.41) is 6.34. The van der Waals surface area contributed by atoms with E-state index in [1.165, 1.54) is 13.3 Å². The Kier molecular flexibility index (Phi) is 7.54. The highest BCUT2D eigenvalue weighted by atomic mass is 16.5. The Morgan fingerprint density at radius 2 is 1.64 bits per heavy atom. The molecule has 0 spiro atoms. The van der Waals surface area contributed by atoms with Crippen molar-refractivity contribution >= 4 is 29.7 Å². The summed E-state index contributed by atoms with van der Waals surface area (Å²) in [6.07, 6.45) is 1.37. The predicted molar refractivity (Wildman–Crippen MR) is 125 cm³/mol. The van der Waals surface area contributed by atoms with Gasteiger partial charge in [0.15, 0.2) is 0 Å². The first-order chi connectivity index (χ1) is 15.9. The number of nitrogens with one attached hydrogen (secondary N) is 2. The van der Waals surface area contributed by atoms with Gasteiger partial charge in [0.2, 0.25) is 0 Å². The minimum atomic E-state index is -0.895. The number of aryl methyl sites for hydroxylation is 2. The van der Waals surface area contributed by atoms with E-state index in [1.54, 1.807) is 54.6 Å². The Balaban J connectivity index is 1.54. The molecule has 0 saturated carbocycles. The van der Waals surface area contributed by atoms with Crippen molar-refractivity contribution < 1.29 is 23.9 Å². The second kappa shape index (κ2) is 10.7. The zero-order valence-corrected chi connectivity index (χ0v) is 18.4. The first-order valence-corrected chi connectivity index (χ1v) is 10.0. The number of nitrogens with zero attached hydrogens (tertiary/aromatic N) is 1. The molecule has 0 aliphatic rings. The molecule has 33 heavy (non-hydrogen) atoms. The third-order valence-corrected chi connectivity index (χ3v) is 4.63. The summed E-state index contributed by atoms with van der Waals surface area (Å²) in [6.45, 7) is 3.78. The molecule has 3 rings (SSSR count). The van der Waals surface area contributed by atoms with E-state index >= 15 is 0 Å². The maximum Gasteiger partial charge on any atom is 0.347 e. The molecule has 0 unspecified atom stereocenters. The van der Waals surface area contributed by atoms with Crippen LogP contribution in [0.2, 0.25) is 0 Å². The maximum atomic E-state index is 12.3. The molecule has 2 amide bonds. The first-order valence-electron chi connectivity index (χ1n) is 10.0. The van der Waals surface area contributed by atoms with E-state index in [0.717, 1.165) is 11.1 Å². The van der Waals surface area contributed by atoms with Gasteiger partial charge in [-0.1, -0.05) is 29.8 Å². The van der Waals surface area contributed by atoms with Crippen LogP contribution in [0.3, 0.4) is 0 Å². The Hall–Kier alpha value is -4.46. The molecule has 0 saturated heterocycles. The molecule has 8 heteroatoms. The molecule has 0 bridgehead atoms. The van der Waals surface area contributed by atoms with E-state index in [2.05, 4.69) is 15.8 Å². The molecule has 0 heterocycles. The Morgan fingerprint density at radius 3 is 2.33 bits per heavy atom. The number of anilines is 1. The van der Waals surface area contributed by atoms with Gasteiger partial charge in [-0.05, 0) is 67.4 Å². The van der Waals surface area contributed by atoms with Crippen LogP contribution in [-0.4, -0.2) is 31.1 Å². The Labute approximate surface area is 191 Å². The molecule has 0 atom stereocenters. The summed E-state index contributed by atoms with van der Waals surface area (Å²) in [7, 11) is 1.48. The fourth-order valence-corrected chi connectivity index (χ4v) is 2.95. The van der Waals surface area contributed by atoms with Gasteiger partial charge in [0.25, 0.3) is 0 Å². The van der Waals surface area contributed by atoms with Crippen molar-refractivity contribution in [1.29, 1.82) is 0 Å². The summed E-state index contributed by atoms with van der Waals surface area (Å²) in [6, 6.07) is 18.7. The van der Waals surface area contributed by atoms with Gasteiger partial charge >= 0.3 is 17.8 Å². The standard InChI is InChI=1S/C25H23N3O5/c1-16-8-13-21(17(2)14-16)27-23(29)24(30)28-26-15-18-9-11-19(12-10-18)33-25(31)20-6-4-5-7-22(20)32-3/h4-15H,1-3H3,(H,27,29)(H,28,30)/b26-15+. The molecule has 3 aromatic carbocycles. The molecule has 2 N–H and O–H groups in total. The normalized spacial score (nSPS) is 10.5. The highest BCUT2D eigenvalue weighted by molar-refractivity contribution is 6.39. The molecule has 0 radical (unpaired) electrons. The lowest BCUT2D eigenvalue weighted by Crippen LogP contribution is -2.32. The van der Waals surface area contributed by atoms with Crippen molar-refractivity contribution in [2.24, 2.45) is 5.10 Å². The third kappa shape index (κ3) is 6.27. The van der Waals surface area contributed by atoms with Crippen molar-refractivity contribution in [3.63, 3.8) is 0 Å². The van der Waals surface area contributed by atoms with Gasteiger partial charge in [-0.3, -0.25) is 9.59 Å².